The van der Waals surface area contributed by atoms with E-state index in [1.54, 1.807) is 14.0 Å². The number of carbonyl (C=O) groups is 1. The van der Waals surface area contributed by atoms with E-state index in [4.69, 9.17) is 28.6 Å². The quantitative estimate of drug-likeness (QED) is 0.105. The predicted octanol–water partition coefficient (Wildman–Crippen LogP) is 11.2. The number of rotatable bonds is 16. The summed E-state index contributed by atoms with van der Waals surface area (Å²) < 4.78 is 27.5. The van der Waals surface area contributed by atoms with Gasteiger partial charge in [-0.15, -0.1) is 0 Å². The number of halogens is 1. The van der Waals surface area contributed by atoms with Crippen LogP contribution in [0.5, 0.6) is 17.2 Å². The Morgan fingerprint density at radius 3 is 2.32 bits per heavy atom. The highest BCUT2D eigenvalue weighted by atomic mass is 79.9. The van der Waals surface area contributed by atoms with E-state index >= 15 is 0 Å². The number of methoxy groups -OCH3 is 1. The van der Waals surface area contributed by atoms with E-state index < -0.39 is 13.7 Å². The third-order valence-electron chi connectivity index (χ3n) is 13.0. The summed E-state index contributed by atoms with van der Waals surface area (Å²) in [6, 6.07) is 20.6. The average Bonchev–Trinajstić information content (AvgIpc) is 3.98. The Balaban J connectivity index is 1.33. The maximum absolute atomic E-state index is 13.9. The predicted molar refractivity (Wildman–Crippen MR) is 236 cm³/mol. The minimum absolute atomic E-state index is 0.0651. The van der Waals surface area contributed by atoms with Crippen molar-refractivity contribution in [3.8, 4) is 17.2 Å². The minimum Gasteiger partial charge on any atom is -0.497 e. The van der Waals surface area contributed by atoms with Gasteiger partial charge in [-0.2, -0.15) is 11.8 Å². The second-order valence-corrected chi connectivity index (χ2v) is 25.0. The van der Waals surface area contributed by atoms with Crippen LogP contribution in [0, 0.1) is 5.92 Å². The normalized spacial score (nSPS) is 23.7. The number of amides is 1. The molecule has 0 unspecified atom stereocenters. The fourth-order valence-electron chi connectivity index (χ4n) is 10.1. The average molecular weight is 878 g/mol. The molecule has 2 aliphatic carbocycles. The first-order valence-corrected chi connectivity index (χ1v) is 24.9. The van der Waals surface area contributed by atoms with E-state index in [9.17, 15) is 4.79 Å². The van der Waals surface area contributed by atoms with Crippen LogP contribution in [0.25, 0.3) is 0 Å². The maximum atomic E-state index is 13.9. The molecule has 7 rings (SSSR count). The molecular weight excluding hydrogens is 817 g/mol. The fourth-order valence-corrected chi connectivity index (χ4v) is 17.7. The Hall–Kier alpha value is -2.99. The molecule has 0 saturated heterocycles. The summed E-state index contributed by atoms with van der Waals surface area (Å²) in [4.78, 5) is 22.1. The van der Waals surface area contributed by atoms with E-state index in [2.05, 4.69) is 92.7 Å². The van der Waals surface area contributed by atoms with Gasteiger partial charge in [0.25, 0.3) is 0 Å². The zero-order valence-electron chi connectivity index (χ0n) is 35.0. The van der Waals surface area contributed by atoms with Crippen molar-refractivity contribution in [1.82, 2.24) is 4.90 Å². The number of ether oxygens (including phenoxy) is 3. The lowest BCUT2D eigenvalue weighted by molar-refractivity contribution is -0.133. The van der Waals surface area contributed by atoms with Crippen molar-refractivity contribution in [3.05, 3.63) is 87.4 Å². The van der Waals surface area contributed by atoms with Gasteiger partial charge in [-0.25, -0.2) is 0 Å². The lowest BCUT2D eigenvalue weighted by Gasteiger charge is -2.48. The van der Waals surface area contributed by atoms with Crippen molar-refractivity contribution in [1.29, 1.82) is 0 Å². The Bertz CT molecular complexity index is 1880. The molecule has 1 amide bonds. The molecule has 11 heteroatoms. The third-order valence-corrected chi connectivity index (χ3v) is 21.3. The summed E-state index contributed by atoms with van der Waals surface area (Å²) in [6.45, 7) is 17.8. The molecular formula is C46H61BrN2O6SSi. The van der Waals surface area contributed by atoms with Crippen molar-refractivity contribution >= 4 is 47.6 Å². The first kappa shape index (κ1) is 42.1. The topological polar surface area (TPSA) is 78.8 Å². The van der Waals surface area contributed by atoms with Gasteiger partial charge in [0.15, 0.2) is 8.32 Å². The summed E-state index contributed by atoms with van der Waals surface area (Å²) in [5.74, 6) is 3.95. The van der Waals surface area contributed by atoms with E-state index in [0.717, 1.165) is 57.2 Å². The third kappa shape index (κ3) is 8.55. The molecule has 0 N–H and O–H groups in total. The lowest BCUT2D eigenvalue weighted by Crippen LogP contribution is -2.56. The Labute approximate surface area is 354 Å². The van der Waals surface area contributed by atoms with Crippen LogP contribution in [0.1, 0.15) is 103 Å². The van der Waals surface area contributed by atoms with Crippen LogP contribution < -0.4 is 14.2 Å². The molecule has 2 saturated carbocycles. The van der Waals surface area contributed by atoms with E-state index in [1.165, 1.54) is 24.0 Å². The summed E-state index contributed by atoms with van der Waals surface area (Å²) in [7, 11) is -0.554. The summed E-state index contributed by atoms with van der Waals surface area (Å²) in [5, 5.41) is 4.90. The molecule has 4 atom stereocenters. The van der Waals surface area contributed by atoms with Crippen LogP contribution in [0.4, 0.5) is 0 Å². The number of carbonyl (C=O) groups excluding carboxylic acids is 1. The SMILES string of the molecule is COc1ccc(CS[C@@H]2C/C(=N/OCc3ccccc3)C[C@H]3Oc4c(Br)c(OCC5CC5)cc5c4[C@]32C[C@@H](CO[Si](C(C)C)(C(C)C)C(C)C)N(C(C)=O)C5)cc1. The van der Waals surface area contributed by atoms with Crippen LogP contribution in [0.3, 0.4) is 0 Å². The van der Waals surface area contributed by atoms with Gasteiger partial charge < -0.3 is 28.4 Å². The van der Waals surface area contributed by atoms with Crippen LogP contribution in [-0.2, 0) is 38.4 Å². The van der Waals surface area contributed by atoms with E-state index in [1.807, 2.05) is 42.1 Å². The van der Waals surface area contributed by atoms with Gasteiger partial charge >= 0.3 is 0 Å². The van der Waals surface area contributed by atoms with Crippen molar-refractivity contribution in [2.45, 2.75) is 139 Å². The molecule has 3 aromatic rings. The van der Waals surface area contributed by atoms with Crippen LogP contribution >= 0.6 is 27.7 Å². The number of nitrogens with zero attached hydrogens (tertiary/aromatic N) is 2. The van der Waals surface area contributed by atoms with Gasteiger partial charge in [0.2, 0.25) is 5.91 Å². The lowest BCUT2D eigenvalue weighted by atomic mass is 9.64. The molecule has 308 valence electrons. The molecule has 3 aromatic carbocycles. The first-order valence-electron chi connectivity index (χ1n) is 20.9. The zero-order valence-corrected chi connectivity index (χ0v) is 38.4. The van der Waals surface area contributed by atoms with Gasteiger partial charge in [-0.05, 0) is 92.6 Å². The van der Waals surface area contributed by atoms with Crippen LogP contribution in [0.15, 0.2) is 70.3 Å². The Morgan fingerprint density at radius 2 is 1.68 bits per heavy atom. The fraction of sp³-hybridized carbons (Fsp3) is 0.565. The monoisotopic (exact) mass is 876 g/mol. The highest BCUT2D eigenvalue weighted by molar-refractivity contribution is 9.10. The minimum atomic E-state index is -2.26. The standard InChI is InChI=1S/C46H61BrN2O6SSi/c1-29(2)57(30(3)4,31(5)6)54-27-38-23-46-41(55-45-43(46)36(24-49(38)32(7)50)20-40(44(45)47)52-25-34-14-15-34)21-37(48-53-26-33-12-10-9-11-13-33)22-42(46)56-28-35-16-18-39(51-8)19-17-35/h9-13,16-20,29-31,34,38,41-42H,14-15,21-28H2,1-8H3/b48-37+/t38-,41+,42+,46+/m0/s1. The summed E-state index contributed by atoms with van der Waals surface area (Å²) >= 11 is 5.96. The number of benzene rings is 3. The second kappa shape index (κ2) is 17.7. The van der Waals surface area contributed by atoms with E-state index in [-0.39, 0.29) is 23.3 Å². The van der Waals surface area contributed by atoms with Crippen molar-refractivity contribution in [3.63, 3.8) is 0 Å². The molecule has 0 bridgehead atoms. The van der Waals surface area contributed by atoms with Gasteiger partial charge in [0.1, 0.15) is 34.4 Å². The number of hydrogen-bond donors (Lipinski definition) is 0. The summed E-state index contributed by atoms with van der Waals surface area (Å²) in [6.07, 6.45) is 4.27. The molecule has 2 heterocycles. The zero-order chi connectivity index (χ0) is 40.5. The molecule has 0 radical (unpaired) electrons. The van der Waals surface area contributed by atoms with Gasteiger partial charge in [-0.3, -0.25) is 4.79 Å². The molecule has 2 aliphatic heterocycles. The smallest absolute Gasteiger partial charge is 0.220 e. The largest absolute Gasteiger partial charge is 0.497 e. The summed E-state index contributed by atoms with van der Waals surface area (Å²) in [5.41, 5.74) is 6.47. The van der Waals surface area contributed by atoms with Crippen molar-refractivity contribution < 1.29 is 28.3 Å². The van der Waals surface area contributed by atoms with Crippen LogP contribution in [0.2, 0.25) is 16.6 Å². The molecule has 8 nitrogen and oxygen atoms in total. The molecule has 1 spiro atoms. The molecule has 0 aromatic heterocycles. The Morgan fingerprint density at radius 1 is 0.982 bits per heavy atom. The van der Waals surface area contributed by atoms with Gasteiger partial charge in [0.05, 0.1) is 37.5 Å². The number of hydrogen-bond acceptors (Lipinski definition) is 8. The Kier molecular flexibility index (Phi) is 13.1. The van der Waals surface area contributed by atoms with Gasteiger partial charge in [-0.1, -0.05) is 89.2 Å². The highest BCUT2D eigenvalue weighted by Gasteiger charge is 2.61. The second-order valence-electron chi connectivity index (χ2n) is 17.6. The highest BCUT2D eigenvalue weighted by Crippen LogP contribution is 2.62. The van der Waals surface area contributed by atoms with Crippen molar-refractivity contribution in [2.75, 3.05) is 20.3 Å². The van der Waals surface area contributed by atoms with Crippen LogP contribution in [-0.4, -0.2) is 62.6 Å². The first-order chi connectivity index (χ1) is 27.4. The number of oxime groups is 1. The van der Waals surface area contributed by atoms with Gasteiger partial charge in [0, 0.05) is 42.9 Å². The number of thioether (sulfide) groups is 1. The maximum Gasteiger partial charge on any atom is 0.220 e. The molecule has 57 heavy (non-hydrogen) atoms. The molecule has 2 fully saturated rings. The van der Waals surface area contributed by atoms with E-state index in [0.29, 0.717) is 55.3 Å². The molecule has 4 aliphatic rings. The van der Waals surface area contributed by atoms with Crippen molar-refractivity contribution in [2.24, 2.45) is 11.1 Å².